The maximum atomic E-state index is 12.7. The Bertz CT molecular complexity index is 995. The number of piperazine rings is 1. The molecule has 2 aromatic heterocycles. The van der Waals surface area contributed by atoms with Gasteiger partial charge >= 0.3 is 0 Å². The number of halogens is 2. The van der Waals surface area contributed by atoms with Gasteiger partial charge < -0.3 is 9.80 Å². The lowest BCUT2D eigenvalue weighted by Gasteiger charge is -2.36. The lowest BCUT2D eigenvalue weighted by atomic mass is 10.2. The number of hydrogen-bond donors (Lipinski definition) is 0. The van der Waals surface area contributed by atoms with Crippen molar-refractivity contribution in [2.45, 2.75) is 13.5 Å². The molecule has 1 saturated heterocycles. The normalized spacial score (nSPS) is 14.8. The topological polar surface area (TPSA) is 54.3 Å². The molecule has 0 unspecified atom stereocenters. The van der Waals surface area contributed by atoms with E-state index < -0.39 is 0 Å². The van der Waals surface area contributed by atoms with E-state index in [2.05, 4.69) is 21.0 Å². The number of anilines is 1. The number of rotatable bonds is 3. The van der Waals surface area contributed by atoms with Gasteiger partial charge in [0.25, 0.3) is 0 Å². The van der Waals surface area contributed by atoms with Crippen LogP contribution in [0.4, 0.5) is 5.69 Å². The molecule has 3 aromatic rings. The van der Waals surface area contributed by atoms with Crippen molar-refractivity contribution >= 4 is 45.8 Å². The molecule has 0 atom stereocenters. The lowest BCUT2D eigenvalue weighted by molar-refractivity contribution is -0.132. The van der Waals surface area contributed by atoms with E-state index in [0.717, 1.165) is 34.7 Å². The Kier molecular flexibility index (Phi) is 4.93. The molecular formula is C19H19Cl2N5O. The molecule has 0 aliphatic carbocycles. The lowest BCUT2D eigenvalue weighted by Crippen LogP contribution is -2.49. The molecule has 0 saturated carbocycles. The van der Waals surface area contributed by atoms with Gasteiger partial charge in [0.2, 0.25) is 5.91 Å². The minimum Gasteiger partial charge on any atom is -0.368 e. The van der Waals surface area contributed by atoms with Gasteiger partial charge in [0.05, 0.1) is 5.39 Å². The highest BCUT2D eigenvalue weighted by molar-refractivity contribution is 6.34. The van der Waals surface area contributed by atoms with Gasteiger partial charge in [-0.25, -0.2) is 9.67 Å². The maximum Gasteiger partial charge on any atom is 0.244 e. The summed E-state index contributed by atoms with van der Waals surface area (Å²) >= 11 is 12.5. The van der Waals surface area contributed by atoms with E-state index >= 15 is 0 Å². The Balaban J connectivity index is 1.41. The monoisotopic (exact) mass is 403 g/mol. The zero-order valence-corrected chi connectivity index (χ0v) is 16.4. The van der Waals surface area contributed by atoms with Crippen LogP contribution in [0.25, 0.3) is 11.0 Å². The predicted octanol–water partition coefficient (Wildman–Crippen LogP) is 3.40. The highest BCUT2D eigenvalue weighted by Gasteiger charge is 2.23. The van der Waals surface area contributed by atoms with Crippen molar-refractivity contribution in [3.8, 4) is 0 Å². The molecule has 1 aliphatic heterocycles. The number of fused-ring (bicyclic) bond motifs is 1. The van der Waals surface area contributed by atoms with Crippen LogP contribution in [0.3, 0.4) is 0 Å². The predicted molar refractivity (Wildman–Crippen MR) is 108 cm³/mol. The fourth-order valence-electron chi connectivity index (χ4n) is 3.31. The molecule has 0 N–H and O–H groups in total. The highest BCUT2D eigenvalue weighted by atomic mass is 35.5. The van der Waals surface area contributed by atoms with Gasteiger partial charge in [0, 0.05) is 43.1 Å². The molecule has 1 aliphatic rings. The van der Waals surface area contributed by atoms with Crippen molar-refractivity contribution in [1.82, 2.24) is 19.7 Å². The largest absolute Gasteiger partial charge is 0.368 e. The van der Waals surface area contributed by atoms with E-state index in [0.29, 0.717) is 23.9 Å². The molecule has 0 spiro atoms. The zero-order valence-electron chi connectivity index (χ0n) is 14.9. The number of hydrogen-bond acceptors (Lipinski definition) is 4. The zero-order chi connectivity index (χ0) is 19.0. The quantitative estimate of drug-likeness (QED) is 0.672. The van der Waals surface area contributed by atoms with Crippen LogP contribution in [0.15, 0.2) is 36.5 Å². The minimum atomic E-state index is 0.0108. The highest BCUT2D eigenvalue weighted by Crippen LogP contribution is 2.24. The number of nitrogens with zero attached hydrogens (tertiary/aromatic N) is 5. The van der Waals surface area contributed by atoms with Crippen molar-refractivity contribution in [2.24, 2.45) is 0 Å². The van der Waals surface area contributed by atoms with Crippen LogP contribution in [0.1, 0.15) is 5.56 Å². The Hall–Kier alpha value is -2.31. The number of aryl methyl sites for hydroxylation is 1. The second-order valence-corrected chi connectivity index (χ2v) is 7.39. The standard InChI is InChI=1S/C19H19Cl2N5O/c1-13-11-14(4-5-16(13)20)24-7-9-25(10-8-24)17(27)12-26-18(21)15-3-2-6-22-19(15)23-26/h2-6,11H,7-10,12H2,1H3. The van der Waals surface area contributed by atoms with E-state index in [1.165, 1.54) is 4.68 Å². The van der Waals surface area contributed by atoms with Crippen molar-refractivity contribution in [3.63, 3.8) is 0 Å². The van der Waals surface area contributed by atoms with Crippen LogP contribution < -0.4 is 4.90 Å². The second-order valence-electron chi connectivity index (χ2n) is 6.62. The van der Waals surface area contributed by atoms with Gasteiger partial charge in [-0.1, -0.05) is 23.2 Å². The molecule has 3 heterocycles. The third-order valence-electron chi connectivity index (χ3n) is 4.88. The summed E-state index contributed by atoms with van der Waals surface area (Å²) in [5.74, 6) is 0.0108. The summed E-state index contributed by atoms with van der Waals surface area (Å²) in [6.07, 6.45) is 1.66. The molecule has 0 bridgehead atoms. The van der Waals surface area contributed by atoms with Crippen LogP contribution in [0.5, 0.6) is 0 Å². The van der Waals surface area contributed by atoms with Crippen LogP contribution >= 0.6 is 23.2 Å². The average Bonchev–Trinajstić information content (AvgIpc) is 3.00. The van der Waals surface area contributed by atoms with Crippen molar-refractivity contribution in [2.75, 3.05) is 31.1 Å². The van der Waals surface area contributed by atoms with Gasteiger partial charge in [-0.05, 0) is 42.8 Å². The maximum absolute atomic E-state index is 12.7. The van der Waals surface area contributed by atoms with Crippen molar-refractivity contribution < 1.29 is 4.79 Å². The molecule has 1 aromatic carbocycles. The first-order chi connectivity index (χ1) is 13.0. The Morgan fingerprint density at radius 2 is 1.93 bits per heavy atom. The fourth-order valence-corrected chi connectivity index (χ4v) is 3.67. The van der Waals surface area contributed by atoms with Crippen LogP contribution in [-0.4, -0.2) is 51.8 Å². The molecule has 6 nitrogen and oxygen atoms in total. The number of benzene rings is 1. The molecule has 4 rings (SSSR count). The summed E-state index contributed by atoms with van der Waals surface area (Å²) in [7, 11) is 0. The first-order valence-corrected chi connectivity index (χ1v) is 9.54. The molecule has 0 radical (unpaired) electrons. The van der Waals surface area contributed by atoms with Gasteiger partial charge in [0.15, 0.2) is 5.65 Å². The average molecular weight is 404 g/mol. The molecule has 1 amide bonds. The summed E-state index contributed by atoms with van der Waals surface area (Å²) < 4.78 is 1.52. The Morgan fingerprint density at radius 1 is 1.15 bits per heavy atom. The summed E-state index contributed by atoms with van der Waals surface area (Å²) in [4.78, 5) is 21.0. The summed E-state index contributed by atoms with van der Waals surface area (Å²) in [5, 5.41) is 6.30. The van der Waals surface area contributed by atoms with E-state index in [4.69, 9.17) is 23.2 Å². The molecule has 27 heavy (non-hydrogen) atoms. The number of amides is 1. The third-order valence-corrected chi connectivity index (χ3v) is 5.70. The van der Waals surface area contributed by atoms with Crippen LogP contribution in [0.2, 0.25) is 10.2 Å². The number of carbonyl (C=O) groups excluding carboxylic acids is 1. The first-order valence-electron chi connectivity index (χ1n) is 8.79. The van der Waals surface area contributed by atoms with E-state index in [9.17, 15) is 4.79 Å². The third kappa shape index (κ3) is 3.59. The van der Waals surface area contributed by atoms with Gasteiger partial charge in [-0.3, -0.25) is 4.79 Å². The molecule has 140 valence electrons. The van der Waals surface area contributed by atoms with Gasteiger partial charge in [-0.2, -0.15) is 5.10 Å². The molecule has 8 heteroatoms. The molecule has 1 fully saturated rings. The minimum absolute atomic E-state index is 0.0108. The van der Waals surface area contributed by atoms with Gasteiger partial charge in [-0.15, -0.1) is 0 Å². The van der Waals surface area contributed by atoms with E-state index in [-0.39, 0.29) is 12.5 Å². The van der Waals surface area contributed by atoms with Crippen LogP contribution in [-0.2, 0) is 11.3 Å². The SMILES string of the molecule is Cc1cc(N2CCN(C(=O)Cn3nc4ncccc4c3Cl)CC2)ccc1Cl. The summed E-state index contributed by atoms with van der Waals surface area (Å²) in [6, 6.07) is 9.68. The number of aromatic nitrogens is 3. The smallest absolute Gasteiger partial charge is 0.244 e. The van der Waals surface area contributed by atoms with E-state index in [1.807, 2.05) is 30.0 Å². The van der Waals surface area contributed by atoms with Gasteiger partial charge in [0.1, 0.15) is 11.7 Å². The second kappa shape index (κ2) is 7.37. The first kappa shape index (κ1) is 18.1. The summed E-state index contributed by atoms with van der Waals surface area (Å²) in [6.45, 7) is 5.01. The number of carbonyl (C=O) groups is 1. The van der Waals surface area contributed by atoms with Crippen LogP contribution in [0, 0.1) is 6.92 Å². The summed E-state index contributed by atoms with van der Waals surface area (Å²) in [5.41, 5.74) is 2.75. The fraction of sp³-hybridized carbons (Fsp3) is 0.316. The van der Waals surface area contributed by atoms with Crippen molar-refractivity contribution in [3.05, 3.63) is 52.3 Å². The molecular weight excluding hydrogens is 385 g/mol. The number of pyridine rings is 1. The Labute approximate surface area is 167 Å². The van der Waals surface area contributed by atoms with Crippen molar-refractivity contribution in [1.29, 1.82) is 0 Å². The van der Waals surface area contributed by atoms with E-state index in [1.54, 1.807) is 12.3 Å². The Morgan fingerprint density at radius 3 is 2.63 bits per heavy atom.